The normalized spacial score (nSPS) is 18.3. The van der Waals surface area contributed by atoms with Crippen LogP contribution < -0.4 is 5.32 Å². The van der Waals surface area contributed by atoms with E-state index >= 15 is 0 Å². The summed E-state index contributed by atoms with van der Waals surface area (Å²) in [4.78, 5) is 15.3. The summed E-state index contributed by atoms with van der Waals surface area (Å²) in [7, 11) is 0. The zero-order chi connectivity index (χ0) is 23.9. The smallest absolute Gasteiger partial charge is 0.223 e. The fourth-order valence-electron chi connectivity index (χ4n) is 4.27. The summed E-state index contributed by atoms with van der Waals surface area (Å²) >= 11 is 0. The average molecular weight is 443 g/mol. The fraction of sp³-hybridized carbons (Fsp3) is 0.690. The molecule has 1 amide bonds. The molecule has 1 fully saturated rings. The molecule has 182 valence electrons. The molecule has 0 saturated carbocycles. The molecule has 0 aliphatic carbocycles. The first-order valence-corrected chi connectivity index (χ1v) is 12.8. The molecule has 32 heavy (non-hydrogen) atoms. The molecule has 0 spiro atoms. The van der Waals surface area contributed by atoms with Gasteiger partial charge in [-0.1, -0.05) is 59.9 Å². The number of nitrogens with one attached hydrogen (secondary N) is 1. The Morgan fingerprint density at radius 2 is 1.59 bits per heavy atom. The highest BCUT2D eigenvalue weighted by atomic mass is 16.2. The number of carbonyl (C=O) groups is 1. The van der Waals surface area contributed by atoms with E-state index < -0.39 is 0 Å². The van der Waals surface area contributed by atoms with Crippen molar-refractivity contribution in [3.63, 3.8) is 0 Å². The van der Waals surface area contributed by atoms with Gasteiger partial charge in [0, 0.05) is 32.1 Å². The minimum Gasteiger partial charge on any atom is -0.340 e. The van der Waals surface area contributed by atoms with E-state index in [0.717, 1.165) is 64.6 Å². The number of amides is 1. The van der Waals surface area contributed by atoms with E-state index in [2.05, 4.69) is 83.0 Å². The molecule has 1 saturated heterocycles. The predicted octanol–water partition coefficient (Wildman–Crippen LogP) is 7.37. The topological polar surface area (TPSA) is 32.3 Å². The summed E-state index contributed by atoms with van der Waals surface area (Å²) < 4.78 is 0. The first kappa shape index (κ1) is 28.4. The standard InChI is InChI=1S/C29H50N2O/c1-8-11-28-22-31(19-18-30-28)29(32)21-27(20-26(7)15-10-13-24(4)5)17-16-25(6)14-9-12-23(2)3/h12-13,16,20,27-28,30H,8-11,14-15,17-19,21-22H2,1-7H3/b25-16+,26-20+. The van der Waals surface area contributed by atoms with Crippen molar-refractivity contribution in [1.29, 1.82) is 0 Å². The second kappa shape index (κ2) is 16.1. The summed E-state index contributed by atoms with van der Waals surface area (Å²) in [6.07, 6.45) is 17.6. The molecule has 1 aliphatic rings. The molecule has 2 unspecified atom stereocenters. The summed E-state index contributed by atoms with van der Waals surface area (Å²) in [5.74, 6) is 0.605. The molecular formula is C29H50N2O. The summed E-state index contributed by atoms with van der Waals surface area (Å²) in [5.41, 5.74) is 5.59. The second-order valence-electron chi connectivity index (χ2n) is 10.2. The summed E-state index contributed by atoms with van der Waals surface area (Å²) in [6, 6.07) is 0.453. The lowest BCUT2D eigenvalue weighted by Crippen LogP contribution is -2.52. The summed E-state index contributed by atoms with van der Waals surface area (Å²) in [5, 5.41) is 3.56. The highest BCUT2D eigenvalue weighted by Gasteiger charge is 2.24. The number of hydrogen-bond donors (Lipinski definition) is 1. The van der Waals surface area contributed by atoms with E-state index in [1.165, 1.54) is 22.3 Å². The van der Waals surface area contributed by atoms with Crippen LogP contribution in [-0.2, 0) is 4.79 Å². The van der Waals surface area contributed by atoms with Gasteiger partial charge in [-0.3, -0.25) is 4.79 Å². The molecule has 1 heterocycles. The SMILES string of the molecule is CCCC1CN(C(=O)CC(/C=C(\C)CCC=C(C)C)C/C=C(\C)CCC=C(C)C)CCN1. The Morgan fingerprint density at radius 1 is 0.969 bits per heavy atom. The average Bonchev–Trinajstić information content (AvgIpc) is 2.72. The molecule has 1 N–H and O–H groups in total. The first-order chi connectivity index (χ1) is 15.2. The van der Waals surface area contributed by atoms with Crippen LogP contribution in [0.25, 0.3) is 0 Å². The van der Waals surface area contributed by atoms with Gasteiger partial charge >= 0.3 is 0 Å². The van der Waals surface area contributed by atoms with Crippen molar-refractivity contribution in [3.05, 3.63) is 46.6 Å². The van der Waals surface area contributed by atoms with Crippen molar-refractivity contribution in [2.45, 2.75) is 106 Å². The van der Waals surface area contributed by atoms with Gasteiger partial charge in [-0.25, -0.2) is 0 Å². The third kappa shape index (κ3) is 13.1. The number of carbonyl (C=O) groups excluding carboxylic acids is 1. The zero-order valence-corrected chi connectivity index (χ0v) is 22.1. The Balaban J connectivity index is 2.80. The van der Waals surface area contributed by atoms with Gasteiger partial charge in [-0.2, -0.15) is 0 Å². The van der Waals surface area contributed by atoms with E-state index in [4.69, 9.17) is 0 Å². The van der Waals surface area contributed by atoms with Crippen molar-refractivity contribution in [2.75, 3.05) is 19.6 Å². The van der Waals surface area contributed by atoms with Crippen LogP contribution in [0.5, 0.6) is 0 Å². The van der Waals surface area contributed by atoms with Crippen LogP contribution in [-0.4, -0.2) is 36.5 Å². The predicted molar refractivity (Wildman–Crippen MR) is 141 cm³/mol. The van der Waals surface area contributed by atoms with Crippen LogP contribution in [0.15, 0.2) is 46.6 Å². The minimum atomic E-state index is 0.284. The Bertz CT molecular complexity index is 673. The highest BCUT2D eigenvalue weighted by Crippen LogP contribution is 2.21. The quantitative estimate of drug-likeness (QED) is 0.302. The van der Waals surface area contributed by atoms with Gasteiger partial charge in [0.1, 0.15) is 0 Å². The number of nitrogens with zero attached hydrogens (tertiary/aromatic N) is 1. The lowest BCUT2D eigenvalue weighted by molar-refractivity contribution is -0.133. The molecule has 2 atom stereocenters. The molecule has 0 aromatic carbocycles. The van der Waals surface area contributed by atoms with E-state index in [1.807, 2.05) is 0 Å². The van der Waals surface area contributed by atoms with Crippen LogP contribution in [0, 0.1) is 5.92 Å². The maximum absolute atomic E-state index is 13.2. The second-order valence-corrected chi connectivity index (χ2v) is 10.2. The van der Waals surface area contributed by atoms with Gasteiger partial charge in [0.2, 0.25) is 5.91 Å². The van der Waals surface area contributed by atoms with Gasteiger partial charge in [-0.15, -0.1) is 0 Å². The van der Waals surface area contributed by atoms with Crippen LogP contribution in [0.2, 0.25) is 0 Å². The van der Waals surface area contributed by atoms with Crippen molar-refractivity contribution in [1.82, 2.24) is 10.2 Å². The number of hydrogen-bond acceptors (Lipinski definition) is 2. The van der Waals surface area contributed by atoms with Gasteiger partial charge < -0.3 is 10.2 Å². The number of allylic oxidation sites excluding steroid dienone is 8. The molecule has 1 aliphatic heterocycles. The van der Waals surface area contributed by atoms with Gasteiger partial charge in [0.15, 0.2) is 0 Å². The number of rotatable bonds is 13. The Hall–Kier alpha value is -1.61. The van der Waals surface area contributed by atoms with E-state index in [1.54, 1.807) is 0 Å². The Morgan fingerprint density at radius 3 is 2.19 bits per heavy atom. The fourth-order valence-corrected chi connectivity index (χ4v) is 4.27. The molecular weight excluding hydrogens is 392 g/mol. The molecule has 0 bridgehead atoms. The third-order valence-electron chi connectivity index (χ3n) is 6.15. The molecule has 0 aromatic heterocycles. The zero-order valence-electron chi connectivity index (χ0n) is 22.1. The van der Waals surface area contributed by atoms with Gasteiger partial charge in [0.05, 0.1) is 0 Å². The van der Waals surface area contributed by atoms with Crippen molar-refractivity contribution < 1.29 is 4.79 Å². The minimum absolute atomic E-state index is 0.284. The van der Waals surface area contributed by atoms with Crippen molar-refractivity contribution >= 4 is 5.91 Å². The Kier molecular flexibility index (Phi) is 14.3. The lowest BCUT2D eigenvalue weighted by Gasteiger charge is -2.34. The van der Waals surface area contributed by atoms with E-state index in [-0.39, 0.29) is 5.92 Å². The summed E-state index contributed by atoms with van der Waals surface area (Å²) in [6.45, 7) is 17.9. The third-order valence-corrected chi connectivity index (χ3v) is 6.15. The molecule has 3 nitrogen and oxygen atoms in total. The van der Waals surface area contributed by atoms with Crippen LogP contribution in [0.4, 0.5) is 0 Å². The van der Waals surface area contributed by atoms with Crippen LogP contribution in [0.1, 0.15) is 99.8 Å². The van der Waals surface area contributed by atoms with Crippen LogP contribution in [0.3, 0.4) is 0 Å². The van der Waals surface area contributed by atoms with Gasteiger partial charge in [0.25, 0.3) is 0 Å². The monoisotopic (exact) mass is 442 g/mol. The molecule has 0 aromatic rings. The molecule has 1 rings (SSSR count). The largest absolute Gasteiger partial charge is 0.340 e. The first-order valence-electron chi connectivity index (χ1n) is 12.8. The van der Waals surface area contributed by atoms with Crippen LogP contribution >= 0.6 is 0 Å². The van der Waals surface area contributed by atoms with Crippen molar-refractivity contribution in [3.8, 4) is 0 Å². The van der Waals surface area contributed by atoms with Crippen molar-refractivity contribution in [2.24, 2.45) is 5.92 Å². The maximum Gasteiger partial charge on any atom is 0.223 e. The van der Waals surface area contributed by atoms with E-state index in [9.17, 15) is 4.79 Å². The molecule has 0 radical (unpaired) electrons. The van der Waals surface area contributed by atoms with E-state index in [0.29, 0.717) is 18.4 Å². The maximum atomic E-state index is 13.2. The lowest BCUT2D eigenvalue weighted by atomic mass is 9.94. The van der Waals surface area contributed by atoms with Gasteiger partial charge in [-0.05, 0) is 86.0 Å². The Labute approximate surface area is 199 Å². The highest BCUT2D eigenvalue weighted by molar-refractivity contribution is 5.77. The number of piperazine rings is 1. The molecule has 3 heteroatoms.